The maximum absolute atomic E-state index is 14.6. The van der Waals surface area contributed by atoms with E-state index in [4.69, 9.17) is 18.9 Å². The minimum atomic E-state index is -1.38. The molecule has 1 aliphatic rings. The van der Waals surface area contributed by atoms with Gasteiger partial charge in [0, 0.05) is 23.8 Å². The summed E-state index contributed by atoms with van der Waals surface area (Å²) in [7, 11) is 1.44. The topological polar surface area (TPSA) is 115 Å². The SMILES string of the molecule is COc1ccc(C(=O)n2c(=O)c(F)cn([C@H]3C[C@H](OCc4cccs4)[C@@H](COC(C)=O)O3)c2=O)cc1. The van der Waals surface area contributed by atoms with E-state index in [0.717, 1.165) is 9.44 Å². The van der Waals surface area contributed by atoms with Crippen molar-refractivity contribution in [2.75, 3.05) is 13.7 Å². The molecule has 3 atom stereocenters. The summed E-state index contributed by atoms with van der Waals surface area (Å²) in [5, 5.41) is 1.90. The van der Waals surface area contributed by atoms with Crippen LogP contribution >= 0.6 is 11.3 Å². The molecule has 2 aromatic heterocycles. The molecule has 1 fully saturated rings. The predicted molar refractivity (Wildman–Crippen MR) is 126 cm³/mol. The van der Waals surface area contributed by atoms with Gasteiger partial charge in [-0.1, -0.05) is 6.07 Å². The molecule has 1 aliphatic heterocycles. The largest absolute Gasteiger partial charge is 0.497 e. The van der Waals surface area contributed by atoms with Crippen molar-refractivity contribution in [3.63, 3.8) is 0 Å². The van der Waals surface area contributed by atoms with Gasteiger partial charge in [-0.25, -0.2) is 4.79 Å². The van der Waals surface area contributed by atoms with Crippen LogP contribution in [0.5, 0.6) is 5.75 Å². The number of hydrogen-bond donors (Lipinski definition) is 0. The summed E-state index contributed by atoms with van der Waals surface area (Å²) in [4.78, 5) is 50.9. The molecular formula is C24H23FN2O8S. The van der Waals surface area contributed by atoms with Crippen molar-refractivity contribution in [1.29, 1.82) is 0 Å². The number of ether oxygens (including phenoxy) is 4. The van der Waals surface area contributed by atoms with Crippen LogP contribution < -0.4 is 16.0 Å². The van der Waals surface area contributed by atoms with Crippen molar-refractivity contribution in [3.8, 4) is 5.75 Å². The summed E-state index contributed by atoms with van der Waals surface area (Å²) in [6.07, 6.45) is -1.64. The van der Waals surface area contributed by atoms with Crippen LogP contribution in [0.4, 0.5) is 4.39 Å². The van der Waals surface area contributed by atoms with Crippen LogP contribution in [0, 0.1) is 5.82 Å². The van der Waals surface area contributed by atoms with Gasteiger partial charge in [-0.05, 0) is 35.7 Å². The van der Waals surface area contributed by atoms with Crippen LogP contribution in [0.3, 0.4) is 0 Å². The van der Waals surface area contributed by atoms with Gasteiger partial charge in [0.25, 0.3) is 11.5 Å². The zero-order valence-electron chi connectivity index (χ0n) is 19.4. The Morgan fingerprint density at radius 3 is 2.58 bits per heavy atom. The molecule has 0 spiro atoms. The summed E-state index contributed by atoms with van der Waals surface area (Å²) < 4.78 is 37.6. The van der Waals surface area contributed by atoms with Crippen LogP contribution in [-0.2, 0) is 25.6 Å². The van der Waals surface area contributed by atoms with E-state index in [9.17, 15) is 23.6 Å². The molecule has 0 radical (unpaired) electrons. The van der Waals surface area contributed by atoms with E-state index < -0.39 is 47.4 Å². The molecule has 10 nitrogen and oxygen atoms in total. The Kier molecular flexibility index (Phi) is 7.77. The lowest BCUT2D eigenvalue weighted by Crippen LogP contribution is -2.46. The van der Waals surface area contributed by atoms with Gasteiger partial charge in [0.2, 0.25) is 5.82 Å². The number of benzene rings is 1. The molecule has 0 aliphatic carbocycles. The number of aromatic nitrogens is 2. The highest BCUT2D eigenvalue weighted by Crippen LogP contribution is 2.31. The van der Waals surface area contributed by atoms with Crippen molar-refractivity contribution >= 4 is 23.2 Å². The smallest absolute Gasteiger partial charge is 0.340 e. The second-order valence-electron chi connectivity index (χ2n) is 7.94. The number of hydrogen-bond acceptors (Lipinski definition) is 9. The van der Waals surface area contributed by atoms with Crippen molar-refractivity contribution < 1.29 is 32.9 Å². The fraction of sp³-hybridized carbons (Fsp3) is 0.333. The molecule has 190 valence electrons. The van der Waals surface area contributed by atoms with Crippen molar-refractivity contribution in [1.82, 2.24) is 9.13 Å². The third-order valence-corrected chi connectivity index (χ3v) is 6.42. The first-order chi connectivity index (χ1) is 17.3. The highest BCUT2D eigenvalue weighted by molar-refractivity contribution is 7.09. The number of thiophene rings is 1. The Morgan fingerprint density at radius 1 is 1.19 bits per heavy atom. The quantitative estimate of drug-likeness (QED) is 0.418. The van der Waals surface area contributed by atoms with Crippen LogP contribution in [0.1, 0.15) is 34.8 Å². The van der Waals surface area contributed by atoms with Gasteiger partial charge >= 0.3 is 11.7 Å². The highest BCUT2D eigenvalue weighted by atomic mass is 32.1. The van der Waals surface area contributed by atoms with Gasteiger partial charge in [-0.3, -0.25) is 19.0 Å². The standard InChI is InChI=1S/C24H23FN2O8S/c1-14(28)33-13-20-19(34-12-17-4-3-9-36-17)10-21(35-20)26-11-18(25)23(30)27(24(26)31)22(29)15-5-7-16(32-2)8-6-15/h3-9,11,19-21H,10,12-13H2,1-2H3/t19-,20+,21+/m0/s1. The molecule has 0 unspecified atom stereocenters. The minimum Gasteiger partial charge on any atom is -0.497 e. The lowest BCUT2D eigenvalue weighted by Gasteiger charge is -2.18. The van der Waals surface area contributed by atoms with E-state index in [1.165, 1.54) is 49.6 Å². The summed E-state index contributed by atoms with van der Waals surface area (Å²) in [6, 6.07) is 9.44. The van der Waals surface area contributed by atoms with Gasteiger partial charge in [0.05, 0.1) is 26.0 Å². The molecule has 4 rings (SSSR count). The third kappa shape index (κ3) is 5.45. The maximum Gasteiger partial charge on any atom is 0.340 e. The second kappa shape index (κ2) is 11.0. The number of methoxy groups -OCH3 is 1. The van der Waals surface area contributed by atoms with Gasteiger partial charge < -0.3 is 18.9 Å². The molecule has 1 saturated heterocycles. The van der Waals surface area contributed by atoms with Gasteiger partial charge in [0.15, 0.2) is 0 Å². The Balaban J connectivity index is 1.63. The van der Waals surface area contributed by atoms with Crippen molar-refractivity contribution in [3.05, 3.63) is 85.1 Å². The molecule has 0 amide bonds. The summed E-state index contributed by atoms with van der Waals surface area (Å²) >= 11 is 1.49. The average molecular weight is 519 g/mol. The molecule has 3 heterocycles. The lowest BCUT2D eigenvalue weighted by molar-refractivity contribution is -0.148. The molecule has 36 heavy (non-hydrogen) atoms. The first-order valence-corrected chi connectivity index (χ1v) is 11.8. The first-order valence-electron chi connectivity index (χ1n) is 10.9. The second-order valence-corrected chi connectivity index (χ2v) is 8.97. The number of carbonyl (C=O) groups is 2. The van der Waals surface area contributed by atoms with Crippen LogP contribution in [0.2, 0.25) is 0 Å². The minimum absolute atomic E-state index is 0.00983. The zero-order valence-corrected chi connectivity index (χ0v) is 20.2. The van der Waals surface area contributed by atoms with Gasteiger partial charge in [-0.15, -0.1) is 11.3 Å². The number of nitrogens with zero attached hydrogens (tertiary/aromatic N) is 2. The monoisotopic (exact) mass is 518 g/mol. The molecule has 0 N–H and O–H groups in total. The third-order valence-electron chi connectivity index (χ3n) is 5.57. The molecular weight excluding hydrogens is 495 g/mol. The van der Waals surface area contributed by atoms with E-state index in [1.54, 1.807) is 0 Å². The molecule has 3 aromatic rings. The number of halogens is 1. The van der Waals surface area contributed by atoms with E-state index in [-0.39, 0.29) is 29.8 Å². The number of rotatable bonds is 8. The summed E-state index contributed by atoms with van der Waals surface area (Å²) in [6.45, 7) is 1.35. The van der Waals surface area contributed by atoms with Crippen LogP contribution in [0.25, 0.3) is 0 Å². The lowest BCUT2D eigenvalue weighted by atomic mass is 10.2. The Hall–Kier alpha value is -3.61. The van der Waals surface area contributed by atoms with Crippen LogP contribution in [-0.4, -0.2) is 46.9 Å². The number of carbonyl (C=O) groups excluding carboxylic acids is 2. The van der Waals surface area contributed by atoms with E-state index >= 15 is 0 Å². The van der Waals surface area contributed by atoms with Crippen LogP contribution in [0.15, 0.2) is 57.6 Å². The van der Waals surface area contributed by atoms with Crippen molar-refractivity contribution in [2.45, 2.75) is 38.4 Å². The average Bonchev–Trinajstić information content (AvgIpc) is 3.53. The van der Waals surface area contributed by atoms with Gasteiger partial charge in [0.1, 0.15) is 24.7 Å². The normalized spacial score (nSPS) is 19.2. The first kappa shape index (κ1) is 25.5. The Morgan fingerprint density at radius 2 is 1.94 bits per heavy atom. The highest BCUT2D eigenvalue weighted by Gasteiger charge is 2.39. The fourth-order valence-corrected chi connectivity index (χ4v) is 4.39. The fourth-order valence-electron chi connectivity index (χ4n) is 3.77. The Labute approximate surface area is 208 Å². The van der Waals surface area contributed by atoms with E-state index in [2.05, 4.69) is 0 Å². The van der Waals surface area contributed by atoms with Gasteiger partial charge in [-0.2, -0.15) is 8.96 Å². The summed E-state index contributed by atoms with van der Waals surface area (Å²) in [5.74, 6) is -2.37. The molecule has 12 heteroatoms. The Bertz CT molecular complexity index is 1350. The molecule has 0 bridgehead atoms. The maximum atomic E-state index is 14.6. The van der Waals surface area contributed by atoms with Crippen molar-refractivity contribution in [2.24, 2.45) is 0 Å². The molecule has 1 aromatic carbocycles. The molecule has 0 saturated carbocycles. The zero-order chi connectivity index (χ0) is 25.8. The summed E-state index contributed by atoms with van der Waals surface area (Å²) in [5.41, 5.74) is -2.46. The van der Waals surface area contributed by atoms with E-state index in [1.807, 2.05) is 17.5 Å². The predicted octanol–water partition coefficient (Wildman–Crippen LogP) is 2.34. The van der Waals surface area contributed by atoms with E-state index in [0.29, 0.717) is 11.9 Å². The number of esters is 1.